The zero-order chi connectivity index (χ0) is 16.6. The Hall–Kier alpha value is -2.03. The molecule has 1 atom stereocenters. The van der Waals surface area contributed by atoms with Crippen LogP contribution in [0, 0.1) is 0 Å². The fourth-order valence-electron chi connectivity index (χ4n) is 3.38. The maximum absolute atomic E-state index is 10.6. The highest BCUT2D eigenvalue weighted by Crippen LogP contribution is 2.49. The number of fused-ring (bicyclic) bond motifs is 3. The van der Waals surface area contributed by atoms with Gasteiger partial charge in [0.1, 0.15) is 17.1 Å². The standard InChI is InChI=1S/C20H25NO2/c1-5-6-7-13(2)14-10-17(22)19-15-12-21-9-8-16(15)20(3,4)23-18(19)11-14/h8-13,22H,5-7H2,1-4H3. The number of nitrogens with zero attached hydrogens (tertiary/aromatic N) is 1. The quantitative estimate of drug-likeness (QED) is 0.824. The van der Waals surface area contributed by atoms with Crippen LogP contribution in [0.1, 0.15) is 64.0 Å². The predicted molar refractivity (Wildman–Crippen MR) is 92.9 cm³/mol. The van der Waals surface area contributed by atoms with Gasteiger partial charge in [0.25, 0.3) is 0 Å². The molecule has 1 aliphatic heterocycles. The molecule has 1 N–H and O–H groups in total. The van der Waals surface area contributed by atoms with Crippen LogP contribution in [-0.4, -0.2) is 10.1 Å². The number of benzene rings is 1. The molecule has 0 saturated heterocycles. The summed E-state index contributed by atoms with van der Waals surface area (Å²) < 4.78 is 6.23. The van der Waals surface area contributed by atoms with Crippen LogP contribution in [0.4, 0.5) is 0 Å². The second kappa shape index (κ2) is 5.88. The fourth-order valence-corrected chi connectivity index (χ4v) is 3.38. The molecule has 0 radical (unpaired) electrons. The summed E-state index contributed by atoms with van der Waals surface area (Å²) in [6.45, 7) is 8.52. The molecular formula is C20H25NO2. The van der Waals surface area contributed by atoms with Gasteiger partial charge >= 0.3 is 0 Å². The van der Waals surface area contributed by atoms with Gasteiger partial charge in [0.2, 0.25) is 0 Å². The minimum atomic E-state index is -0.428. The van der Waals surface area contributed by atoms with E-state index in [0.29, 0.717) is 5.92 Å². The van der Waals surface area contributed by atoms with Crippen molar-refractivity contribution in [2.24, 2.45) is 0 Å². The molecule has 3 heteroatoms. The largest absolute Gasteiger partial charge is 0.507 e. The van der Waals surface area contributed by atoms with E-state index in [0.717, 1.165) is 34.4 Å². The average Bonchev–Trinajstić information content (AvgIpc) is 2.51. The molecule has 1 aliphatic rings. The second-order valence-electron chi connectivity index (χ2n) is 6.99. The Morgan fingerprint density at radius 2 is 2.09 bits per heavy atom. The van der Waals surface area contributed by atoms with Crippen LogP contribution in [0.25, 0.3) is 11.1 Å². The number of unbranched alkanes of at least 4 members (excludes halogenated alkanes) is 1. The van der Waals surface area contributed by atoms with Gasteiger partial charge in [0.05, 0.1) is 5.56 Å². The topological polar surface area (TPSA) is 42.4 Å². The molecule has 1 aromatic heterocycles. The van der Waals surface area contributed by atoms with Gasteiger partial charge < -0.3 is 9.84 Å². The van der Waals surface area contributed by atoms with Crippen LogP contribution in [0.5, 0.6) is 11.5 Å². The Labute approximate surface area is 138 Å². The van der Waals surface area contributed by atoms with Gasteiger partial charge in [-0.3, -0.25) is 4.98 Å². The summed E-state index contributed by atoms with van der Waals surface area (Å²) in [4.78, 5) is 4.23. The second-order valence-corrected chi connectivity index (χ2v) is 6.99. The van der Waals surface area contributed by atoms with Crippen molar-refractivity contribution in [2.75, 3.05) is 0 Å². The van der Waals surface area contributed by atoms with E-state index in [-0.39, 0.29) is 5.75 Å². The molecule has 122 valence electrons. The maximum Gasteiger partial charge on any atom is 0.132 e. The van der Waals surface area contributed by atoms with Gasteiger partial charge in [0, 0.05) is 23.5 Å². The normalized spacial score (nSPS) is 16.2. The van der Waals surface area contributed by atoms with Crippen molar-refractivity contribution in [1.29, 1.82) is 0 Å². The summed E-state index contributed by atoms with van der Waals surface area (Å²) in [5.41, 5.74) is 3.49. The van der Waals surface area contributed by atoms with Crippen molar-refractivity contribution >= 4 is 0 Å². The van der Waals surface area contributed by atoms with Gasteiger partial charge in [-0.1, -0.05) is 26.7 Å². The lowest BCUT2D eigenvalue weighted by molar-refractivity contribution is 0.105. The van der Waals surface area contributed by atoms with Crippen LogP contribution in [0.3, 0.4) is 0 Å². The van der Waals surface area contributed by atoms with Crippen molar-refractivity contribution in [3.63, 3.8) is 0 Å². The molecule has 2 aromatic rings. The molecule has 0 aliphatic carbocycles. The molecule has 0 fully saturated rings. The summed E-state index contributed by atoms with van der Waals surface area (Å²) in [7, 11) is 0. The first-order chi connectivity index (χ1) is 10.9. The molecule has 0 bridgehead atoms. The van der Waals surface area contributed by atoms with Gasteiger partial charge in [-0.05, 0) is 49.9 Å². The number of phenolic OH excluding ortho intramolecular Hbond substituents is 1. The van der Waals surface area contributed by atoms with Crippen LogP contribution in [0.2, 0.25) is 0 Å². The number of hydrogen-bond donors (Lipinski definition) is 1. The number of pyridine rings is 1. The average molecular weight is 311 g/mol. The van der Waals surface area contributed by atoms with Crippen molar-refractivity contribution in [1.82, 2.24) is 4.98 Å². The van der Waals surface area contributed by atoms with Crippen LogP contribution in [0.15, 0.2) is 30.6 Å². The number of rotatable bonds is 4. The highest BCUT2D eigenvalue weighted by atomic mass is 16.5. The smallest absolute Gasteiger partial charge is 0.132 e. The molecule has 0 saturated carbocycles. The summed E-state index contributed by atoms with van der Waals surface area (Å²) >= 11 is 0. The summed E-state index contributed by atoms with van der Waals surface area (Å²) in [6, 6.07) is 5.94. The summed E-state index contributed by atoms with van der Waals surface area (Å²) in [5.74, 6) is 1.45. The lowest BCUT2D eigenvalue weighted by atomic mass is 9.85. The number of ether oxygens (including phenoxy) is 1. The Morgan fingerprint density at radius 3 is 2.83 bits per heavy atom. The van der Waals surface area contributed by atoms with Crippen LogP contribution < -0.4 is 4.74 Å². The molecule has 1 aromatic carbocycles. The van der Waals surface area contributed by atoms with E-state index in [4.69, 9.17) is 4.74 Å². The summed E-state index contributed by atoms with van der Waals surface area (Å²) in [5, 5.41) is 10.6. The van der Waals surface area contributed by atoms with Gasteiger partial charge in [0.15, 0.2) is 0 Å². The summed E-state index contributed by atoms with van der Waals surface area (Å²) in [6.07, 6.45) is 7.09. The number of hydrogen-bond acceptors (Lipinski definition) is 3. The lowest BCUT2D eigenvalue weighted by Gasteiger charge is -2.35. The Kier molecular flexibility index (Phi) is 4.05. The third kappa shape index (κ3) is 2.80. The molecule has 1 unspecified atom stereocenters. The van der Waals surface area contributed by atoms with Crippen LogP contribution in [-0.2, 0) is 5.60 Å². The zero-order valence-corrected chi connectivity index (χ0v) is 14.4. The first-order valence-corrected chi connectivity index (χ1v) is 8.45. The lowest BCUT2D eigenvalue weighted by Crippen LogP contribution is -2.29. The third-order valence-electron chi connectivity index (χ3n) is 4.77. The van der Waals surface area contributed by atoms with E-state index in [1.807, 2.05) is 18.3 Å². The molecule has 0 spiro atoms. The van der Waals surface area contributed by atoms with E-state index in [2.05, 4.69) is 38.7 Å². The number of aromatic nitrogens is 1. The molecule has 23 heavy (non-hydrogen) atoms. The minimum absolute atomic E-state index is 0.283. The van der Waals surface area contributed by atoms with Crippen LogP contribution >= 0.6 is 0 Å². The molecule has 3 rings (SSSR count). The SMILES string of the molecule is CCCCC(C)c1cc(O)c2c(c1)OC(C)(C)c1ccncc1-2. The maximum atomic E-state index is 10.6. The first kappa shape index (κ1) is 15.9. The van der Waals surface area contributed by atoms with Crippen molar-refractivity contribution < 1.29 is 9.84 Å². The van der Waals surface area contributed by atoms with Gasteiger partial charge in [-0.15, -0.1) is 0 Å². The van der Waals surface area contributed by atoms with E-state index < -0.39 is 5.60 Å². The predicted octanol–water partition coefficient (Wildman–Crippen LogP) is 5.38. The van der Waals surface area contributed by atoms with Crippen molar-refractivity contribution in [3.8, 4) is 22.6 Å². The highest BCUT2D eigenvalue weighted by molar-refractivity contribution is 5.81. The monoisotopic (exact) mass is 311 g/mol. The Bertz CT molecular complexity index is 722. The molecule has 2 heterocycles. The molecule has 0 amide bonds. The van der Waals surface area contributed by atoms with E-state index in [1.165, 1.54) is 12.8 Å². The van der Waals surface area contributed by atoms with E-state index in [9.17, 15) is 5.11 Å². The fraction of sp³-hybridized carbons (Fsp3) is 0.450. The van der Waals surface area contributed by atoms with Crippen molar-refractivity contribution in [3.05, 3.63) is 41.7 Å². The Morgan fingerprint density at radius 1 is 1.30 bits per heavy atom. The number of aromatic hydroxyl groups is 1. The van der Waals surface area contributed by atoms with E-state index >= 15 is 0 Å². The third-order valence-corrected chi connectivity index (χ3v) is 4.77. The first-order valence-electron chi connectivity index (χ1n) is 8.45. The minimum Gasteiger partial charge on any atom is -0.507 e. The molecular weight excluding hydrogens is 286 g/mol. The Balaban J connectivity index is 2.09. The van der Waals surface area contributed by atoms with E-state index in [1.54, 1.807) is 6.20 Å². The number of phenols is 1. The highest BCUT2D eigenvalue weighted by Gasteiger charge is 2.34. The van der Waals surface area contributed by atoms with Gasteiger partial charge in [-0.25, -0.2) is 0 Å². The molecule has 3 nitrogen and oxygen atoms in total. The van der Waals surface area contributed by atoms with Crippen molar-refractivity contribution in [2.45, 2.75) is 58.5 Å². The zero-order valence-electron chi connectivity index (χ0n) is 14.4. The van der Waals surface area contributed by atoms with Gasteiger partial charge in [-0.2, -0.15) is 0 Å².